The SMILES string of the molecule is COc1ccc(/C=C/C2=[N+]3C(=C(c4ccc(I)cc4)c4c(C)cc(/C=C/c5ccc(OC)cc5)n4[B-]3(C#Cc3ccc4ccc5cccc6ccc3c4c56)C#Cc3ccc4ccc5cccc6ccc3c4c56)C(C)=C2)cc1. The summed E-state index contributed by atoms with van der Waals surface area (Å²) >= 11 is 2.41. The van der Waals surface area contributed by atoms with Crippen molar-refractivity contribution in [3.8, 4) is 35.0 Å². The smallest absolute Gasteiger partial charge is 0.497 e. The minimum atomic E-state index is -2.45. The molecule has 6 heteroatoms. The van der Waals surface area contributed by atoms with Crippen molar-refractivity contribution in [1.29, 1.82) is 0 Å². The van der Waals surface area contributed by atoms with Gasteiger partial charge in [0, 0.05) is 43.8 Å². The lowest BCUT2D eigenvalue weighted by molar-refractivity contribution is -0.328. The van der Waals surface area contributed by atoms with Crippen LogP contribution in [-0.4, -0.2) is 35.3 Å². The number of fused-ring (bicyclic) bond motifs is 2. The van der Waals surface area contributed by atoms with E-state index in [0.29, 0.717) is 0 Å². The molecule has 0 aliphatic carbocycles. The molecule has 77 heavy (non-hydrogen) atoms. The van der Waals surface area contributed by atoms with Crippen molar-refractivity contribution in [2.24, 2.45) is 0 Å². The summed E-state index contributed by atoms with van der Waals surface area (Å²) in [5.74, 6) is 17.9. The predicted molar refractivity (Wildman–Crippen MR) is 333 cm³/mol. The van der Waals surface area contributed by atoms with Gasteiger partial charge < -0.3 is 18.4 Å². The zero-order valence-electron chi connectivity index (χ0n) is 43.0. The van der Waals surface area contributed by atoms with Gasteiger partial charge in [0.05, 0.1) is 19.8 Å². The van der Waals surface area contributed by atoms with E-state index in [0.717, 1.165) is 89.6 Å². The summed E-state index contributed by atoms with van der Waals surface area (Å²) in [7, 11) is 3.41. The van der Waals surface area contributed by atoms with Gasteiger partial charge in [-0.15, -0.1) is 11.8 Å². The first kappa shape index (κ1) is 46.5. The molecule has 2 aliphatic rings. The van der Waals surface area contributed by atoms with Crippen LogP contribution in [0.5, 0.6) is 11.5 Å². The van der Waals surface area contributed by atoms with Crippen molar-refractivity contribution in [2.45, 2.75) is 13.8 Å². The number of nitrogens with zero attached hydrogens (tertiary/aromatic N) is 2. The Morgan fingerprint density at radius 1 is 0.506 bits per heavy atom. The highest BCUT2D eigenvalue weighted by Gasteiger charge is 2.51. The summed E-state index contributed by atoms with van der Waals surface area (Å²) in [5, 5.41) is 14.5. The Bertz CT molecular complexity index is 4520. The van der Waals surface area contributed by atoms with Gasteiger partial charge in [-0.1, -0.05) is 140 Å². The number of benzene rings is 11. The molecule has 0 saturated heterocycles. The topological polar surface area (TPSA) is 26.4 Å². The number of allylic oxidation sites excluding steroid dienone is 3. The fourth-order valence-corrected chi connectivity index (χ4v) is 12.7. The van der Waals surface area contributed by atoms with Gasteiger partial charge in [-0.25, -0.2) is 0 Å². The van der Waals surface area contributed by atoms with Gasteiger partial charge in [0.2, 0.25) is 0 Å². The zero-order chi connectivity index (χ0) is 51.9. The lowest BCUT2D eigenvalue weighted by atomic mass is 9.44. The molecule has 364 valence electrons. The van der Waals surface area contributed by atoms with Crippen LogP contribution >= 0.6 is 22.6 Å². The summed E-state index contributed by atoms with van der Waals surface area (Å²) in [6, 6.07) is 67.7. The molecule has 0 N–H and O–H groups in total. The van der Waals surface area contributed by atoms with E-state index in [2.05, 4.69) is 263 Å². The first-order valence-corrected chi connectivity index (χ1v) is 27.1. The number of hydrogen-bond donors (Lipinski definition) is 0. The van der Waals surface area contributed by atoms with Crippen molar-refractivity contribution in [3.63, 3.8) is 0 Å². The molecule has 0 atom stereocenters. The average molecular weight is 1100 g/mol. The first-order valence-electron chi connectivity index (χ1n) is 26.0. The van der Waals surface area contributed by atoms with E-state index >= 15 is 0 Å². The maximum Gasteiger partial charge on any atom is 0.521 e. The number of ether oxygens (including phenoxy) is 2. The van der Waals surface area contributed by atoms with Crippen LogP contribution in [0.25, 0.3) is 88.4 Å². The van der Waals surface area contributed by atoms with Crippen molar-refractivity contribution < 1.29 is 14.0 Å². The van der Waals surface area contributed by atoms with Crippen molar-refractivity contribution in [1.82, 2.24) is 4.48 Å². The van der Waals surface area contributed by atoms with Gasteiger partial charge in [-0.05, 0) is 190 Å². The van der Waals surface area contributed by atoms with E-state index in [1.807, 2.05) is 24.3 Å². The third-order valence-corrected chi connectivity index (χ3v) is 16.6. The van der Waals surface area contributed by atoms with Gasteiger partial charge >= 0.3 is 6.42 Å². The normalized spacial score (nSPS) is 14.1. The van der Waals surface area contributed by atoms with Gasteiger partial charge in [0.25, 0.3) is 0 Å². The molecule has 1 aromatic heterocycles. The molecular weight excluding hydrogens is 1050 g/mol. The summed E-state index contributed by atoms with van der Waals surface area (Å²) in [6.45, 7) is 4.48. The lowest BCUT2D eigenvalue weighted by Crippen LogP contribution is -2.57. The van der Waals surface area contributed by atoms with Gasteiger partial charge in [-0.2, -0.15) is 11.6 Å². The molecule has 0 radical (unpaired) electrons. The largest absolute Gasteiger partial charge is 0.521 e. The molecule has 4 nitrogen and oxygen atoms in total. The number of hydrogen-bond acceptors (Lipinski definition) is 2. The fourth-order valence-electron chi connectivity index (χ4n) is 12.3. The lowest BCUT2D eigenvalue weighted by Gasteiger charge is -2.39. The molecule has 14 rings (SSSR count). The van der Waals surface area contributed by atoms with Crippen LogP contribution in [0.3, 0.4) is 0 Å². The second-order valence-corrected chi connectivity index (χ2v) is 21.5. The summed E-state index contributed by atoms with van der Waals surface area (Å²) < 4.78 is 17.3. The highest BCUT2D eigenvalue weighted by Crippen LogP contribution is 2.45. The molecule has 2 aliphatic heterocycles. The molecule has 0 unspecified atom stereocenters. The second kappa shape index (κ2) is 18.3. The van der Waals surface area contributed by atoms with Crippen LogP contribution in [0.15, 0.2) is 211 Å². The predicted octanol–water partition coefficient (Wildman–Crippen LogP) is 16.8. The third kappa shape index (κ3) is 7.58. The second-order valence-electron chi connectivity index (χ2n) is 20.3. The maximum absolute atomic E-state index is 5.58. The molecule has 3 heterocycles. The first-order chi connectivity index (χ1) is 37.8. The van der Waals surface area contributed by atoms with Gasteiger partial charge in [-0.3, -0.25) is 0 Å². The van der Waals surface area contributed by atoms with E-state index in [4.69, 9.17) is 9.47 Å². The van der Waals surface area contributed by atoms with Gasteiger partial charge in [0.1, 0.15) is 11.5 Å². The quantitative estimate of drug-likeness (QED) is 0.0688. The Kier molecular flexibility index (Phi) is 11.1. The van der Waals surface area contributed by atoms with Crippen LogP contribution in [0, 0.1) is 34.0 Å². The van der Waals surface area contributed by atoms with Crippen LogP contribution < -0.4 is 9.47 Å². The van der Waals surface area contributed by atoms with Crippen molar-refractivity contribution in [3.05, 3.63) is 260 Å². The van der Waals surface area contributed by atoms with Crippen molar-refractivity contribution >= 4 is 123 Å². The minimum Gasteiger partial charge on any atom is -0.497 e. The fraction of sp³-hybridized carbons (Fsp3) is 0.0563. The Hall–Kier alpha value is -9.08. The molecule has 12 aromatic rings. The minimum absolute atomic E-state index is 0.812. The van der Waals surface area contributed by atoms with Crippen LogP contribution in [0.4, 0.5) is 0 Å². The maximum atomic E-state index is 5.58. The van der Waals surface area contributed by atoms with Gasteiger partial charge in [0.15, 0.2) is 11.4 Å². The summed E-state index contributed by atoms with van der Waals surface area (Å²) in [5.41, 5.74) is 12.7. The molecule has 0 amide bonds. The molecule has 0 spiro atoms. The zero-order valence-corrected chi connectivity index (χ0v) is 45.1. The number of halogens is 1. The molecule has 0 fully saturated rings. The number of aromatic nitrogens is 1. The van der Waals surface area contributed by atoms with E-state index in [1.165, 1.54) is 57.4 Å². The third-order valence-electron chi connectivity index (χ3n) is 15.9. The monoisotopic (exact) mass is 1100 g/mol. The highest BCUT2D eigenvalue weighted by molar-refractivity contribution is 14.1. The highest BCUT2D eigenvalue weighted by atomic mass is 127. The average Bonchev–Trinajstić information content (AvgIpc) is 4.04. The molecular formula is C71H48BIN2O2. The summed E-state index contributed by atoms with van der Waals surface area (Å²) in [6.07, 6.45) is 8.73. The number of methoxy groups -OCH3 is 2. The Labute approximate surface area is 461 Å². The Morgan fingerprint density at radius 3 is 1.48 bits per heavy atom. The van der Waals surface area contributed by atoms with E-state index in [1.54, 1.807) is 14.2 Å². The molecule has 0 saturated carbocycles. The van der Waals surface area contributed by atoms with E-state index < -0.39 is 6.42 Å². The number of aryl methyl sites for hydroxylation is 1. The Morgan fingerprint density at radius 2 is 0.974 bits per heavy atom. The molecule has 11 aromatic carbocycles. The van der Waals surface area contributed by atoms with Crippen LogP contribution in [-0.2, 0) is 0 Å². The molecule has 0 bridgehead atoms. The van der Waals surface area contributed by atoms with Crippen molar-refractivity contribution in [2.75, 3.05) is 14.2 Å². The Balaban J connectivity index is 1.12. The van der Waals surface area contributed by atoms with E-state index in [9.17, 15) is 0 Å². The van der Waals surface area contributed by atoms with E-state index in [-0.39, 0.29) is 0 Å². The standard InChI is InChI=1S/C71H48BIN2O2/c1-45-43-59(31-11-47-13-33-61(76-3)34-14-47)74-70(45)69(57-25-29-58(73)30-26-57)71-46(2)44-60(32-12-48-15-35-62(77-4)36-16-48)75(71)72(74,41-39-49-17-19-55-23-21-51-7-5-9-53-27-37-63(49)67(55)65(51)53)42-40-50-18-20-56-24-22-52-8-6-10-54-28-38-64(50)68(56)66(52)54/h5-38,43-44H,1-4H3/b31-11+,32-12+. The number of rotatable bonds is 7. The summed E-state index contributed by atoms with van der Waals surface area (Å²) in [4.78, 5) is 0. The van der Waals surface area contributed by atoms with Crippen LogP contribution in [0.1, 0.15) is 51.7 Å². The van der Waals surface area contributed by atoms with Crippen LogP contribution in [0.2, 0.25) is 0 Å².